The normalized spacial score (nSPS) is 16.1. The van der Waals surface area contributed by atoms with Crippen LogP contribution in [0.4, 0.5) is 11.4 Å². The Morgan fingerprint density at radius 3 is 2.26 bits per heavy atom. The van der Waals surface area contributed by atoms with Crippen molar-refractivity contribution in [3.63, 3.8) is 0 Å². The van der Waals surface area contributed by atoms with Gasteiger partial charge in [-0.1, -0.05) is 46.8 Å². The van der Waals surface area contributed by atoms with Crippen LogP contribution >= 0.6 is 0 Å². The standard InChI is InChI=1S/C38H44N4O8/c1-21(2)34(42-35(47)22(3)7-16-33(45)46)37(49)41-32(17-23(4)43)36(48)39-25-10-8-24(9-11-25)20-50-27-13-15-31-29(19-27)38(5,6)28-18-26(44)12-14-30(28)40-31/h8-15,18-19,21-22,32,34H,7,16-17,20H2,1-6H3,(H,39,48)(H,41,49)(H,42,47)(H,45,46)/t22-,32-,34-/m0/s1. The Morgan fingerprint density at radius 1 is 0.920 bits per heavy atom. The number of nitrogens with zero attached hydrogens (tertiary/aromatic N) is 1. The van der Waals surface area contributed by atoms with E-state index in [0.717, 1.165) is 28.1 Å². The van der Waals surface area contributed by atoms with Crippen LogP contribution in [0, 0.1) is 11.8 Å². The number of hydrogen-bond acceptors (Lipinski definition) is 8. The highest BCUT2D eigenvalue weighted by Crippen LogP contribution is 2.44. The lowest BCUT2D eigenvalue weighted by molar-refractivity contribution is -0.138. The Labute approximate surface area is 291 Å². The number of amides is 3. The summed E-state index contributed by atoms with van der Waals surface area (Å²) in [6.45, 7) is 10.7. The number of anilines is 1. The van der Waals surface area contributed by atoms with Crippen molar-refractivity contribution in [3.05, 3.63) is 77.4 Å². The van der Waals surface area contributed by atoms with E-state index >= 15 is 0 Å². The lowest BCUT2D eigenvalue weighted by Crippen LogP contribution is -2.55. The number of carboxylic acid groups (broad SMARTS) is 1. The molecule has 0 bridgehead atoms. The topological polar surface area (TPSA) is 180 Å². The Morgan fingerprint density at radius 2 is 1.62 bits per heavy atom. The van der Waals surface area contributed by atoms with Crippen LogP contribution in [-0.2, 0) is 40.8 Å². The fourth-order valence-corrected chi connectivity index (χ4v) is 5.73. The first-order valence-corrected chi connectivity index (χ1v) is 16.6. The van der Waals surface area contributed by atoms with Crippen molar-refractivity contribution in [1.82, 2.24) is 10.6 Å². The van der Waals surface area contributed by atoms with Crippen molar-refractivity contribution in [2.75, 3.05) is 5.32 Å². The van der Waals surface area contributed by atoms with Gasteiger partial charge < -0.3 is 25.8 Å². The number of rotatable bonds is 15. The number of ether oxygens (including phenoxy) is 1. The molecule has 2 aromatic rings. The molecule has 264 valence electrons. The lowest BCUT2D eigenvalue weighted by atomic mass is 9.71. The van der Waals surface area contributed by atoms with E-state index in [1.165, 1.54) is 13.0 Å². The van der Waals surface area contributed by atoms with E-state index in [1.54, 1.807) is 57.2 Å². The summed E-state index contributed by atoms with van der Waals surface area (Å²) in [5.74, 6) is -3.48. The molecule has 0 spiro atoms. The van der Waals surface area contributed by atoms with E-state index in [-0.39, 0.29) is 43.4 Å². The number of allylic oxidation sites excluding steroid dienone is 4. The van der Waals surface area contributed by atoms with Gasteiger partial charge in [0.1, 0.15) is 30.2 Å². The van der Waals surface area contributed by atoms with Crippen LogP contribution in [0.1, 0.15) is 71.9 Å². The van der Waals surface area contributed by atoms with Crippen molar-refractivity contribution in [2.24, 2.45) is 16.8 Å². The summed E-state index contributed by atoms with van der Waals surface area (Å²) in [5, 5.41) is 16.9. The SMILES string of the molecule is CC(=O)C[C@H](NC(=O)[C@@H](NC(=O)[C@@H](C)CCC(=O)O)C(C)C)C(=O)Nc1ccc(COc2ccc3c(c2)C(C)(C)C2=CC(=O)C=CC2=N3)cc1. The number of fused-ring (bicyclic) bond motifs is 2. The smallest absolute Gasteiger partial charge is 0.303 e. The fraction of sp³-hybridized carbons (Fsp3) is 0.395. The molecule has 2 aromatic carbocycles. The summed E-state index contributed by atoms with van der Waals surface area (Å²) < 4.78 is 6.09. The van der Waals surface area contributed by atoms with Crippen molar-refractivity contribution in [3.8, 4) is 5.75 Å². The Balaban J connectivity index is 1.37. The van der Waals surface area contributed by atoms with E-state index in [1.807, 2.05) is 18.2 Å². The number of carbonyl (C=O) groups is 6. The molecule has 12 nitrogen and oxygen atoms in total. The summed E-state index contributed by atoms with van der Waals surface area (Å²) in [4.78, 5) is 78.8. The van der Waals surface area contributed by atoms with Crippen LogP contribution in [0.3, 0.4) is 0 Å². The molecule has 0 fully saturated rings. The summed E-state index contributed by atoms with van der Waals surface area (Å²) in [6, 6.07) is 10.4. The third-order valence-electron chi connectivity index (χ3n) is 8.76. The zero-order valence-electron chi connectivity index (χ0n) is 29.2. The van der Waals surface area contributed by atoms with E-state index in [9.17, 15) is 28.8 Å². The minimum Gasteiger partial charge on any atom is -0.489 e. The number of nitrogens with one attached hydrogen (secondary N) is 3. The van der Waals surface area contributed by atoms with Crippen LogP contribution in [0.25, 0.3) is 0 Å². The average molecular weight is 685 g/mol. The number of hydrogen-bond donors (Lipinski definition) is 4. The van der Waals surface area contributed by atoms with E-state index in [4.69, 9.17) is 14.8 Å². The summed E-state index contributed by atoms with van der Waals surface area (Å²) >= 11 is 0. The number of aliphatic carboxylic acids is 1. The first-order chi connectivity index (χ1) is 23.5. The third kappa shape index (κ3) is 9.40. The number of Topliss-reactive ketones (excluding diaryl/α,β-unsaturated/α-hetero) is 1. The molecule has 4 N–H and O–H groups in total. The summed E-state index contributed by atoms with van der Waals surface area (Å²) in [6.07, 6.45) is 4.56. The van der Waals surface area contributed by atoms with Gasteiger partial charge in [0.2, 0.25) is 17.7 Å². The maximum absolute atomic E-state index is 13.2. The van der Waals surface area contributed by atoms with Crippen molar-refractivity contribution < 1.29 is 38.6 Å². The number of carboxylic acids is 1. The Hall–Kier alpha value is -5.39. The molecule has 4 rings (SSSR count). The van der Waals surface area contributed by atoms with Crippen LogP contribution in [-0.4, -0.2) is 58.2 Å². The molecule has 50 heavy (non-hydrogen) atoms. The first-order valence-electron chi connectivity index (χ1n) is 16.6. The molecule has 1 aliphatic carbocycles. The second kappa shape index (κ2) is 15.9. The summed E-state index contributed by atoms with van der Waals surface area (Å²) in [5.41, 5.74) is 4.23. The van der Waals surface area contributed by atoms with Gasteiger partial charge in [-0.05, 0) is 84.5 Å². The Kier molecular flexibility index (Phi) is 11.9. The molecule has 3 atom stereocenters. The highest BCUT2D eigenvalue weighted by Gasteiger charge is 2.36. The zero-order chi connectivity index (χ0) is 36.7. The maximum Gasteiger partial charge on any atom is 0.303 e. The van der Waals surface area contributed by atoms with Gasteiger partial charge in [-0.15, -0.1) is 0 Å². The Bertz CT molecular complexity index is 1770. The molecule has 0 unspecified atom stereocenters. The maximum atomic E-state index is 13.2. The molecule has 12 heteroatoms. The molecule has 0 saturated heterocycles. The predicted octanol–water partition coefficient (Wildman–Crippen LogP) is 4.74. The second-order valence-corrected chi connectivity index (χ2v) is 13.6. The quantitative estimate of drug-likeness (QED) is 0.194. The van der Waals surface area contributed by atoms with Gasteiger partial charge in [0, 0.05) is 29.9 Å². The third-order valence-corrected chi connectivity index (χ3v) is 8.76. The number of ketones is 2. The van der Waals surface area contributed by atoms with Crippen molar-refractivity contribution in [1.29, 1.82) is 0 Å². The van der Waals surface area contributed by atoms with Crippen molar-refractivity contribution >= 4 is 52.3 Å². The van der Waals surface area contributed by atoms with Crippen molar-refractivity contribution in [2.45, 2.75) is 84.9 Å². The van der Waals surface area contributed by atoms with E-state index < -0.39 is 47.1 Å². The van der Waals surface area contributed by atoms with Crippen LogP contribution < -0.4 is 20.7 Å². The van der Waals surface area contributed by atoms with E-state index in [2.05, 4.69) is 29.8 Å². The highest BCUT2D eigenvalue weighted by atomic mass is 16.5. The van der Waals surface area contributed by atoms with Gasteiger partial charge in [0.25, 0.3) is 0 Å². The molecular formula is C38H44N4O8. The second-order valence-electron chi connectivity index (χ2n) is 13.6. The monoisotopic (exact) mass is 684 g/mol. The largest absolute Gasteiger partial charge is 0.489 e. The van der Waals surface area contributed by atoms with Gasteiger partial charge in [0.15, 0.2) is 5.78 Å². The molecule has 1 heterocycles. The number of benzene rings is 2. The average Bonchev–Trinajstić information content (AvgIpc) is 3.05. The molecule has 0 aromatic heterocycles. The molecule has 0 saturated carbocycles. The highest BCUT2D eigenvalue weighted by molar-refractivity contribution is 6.22. The van der Waals surface area contributed by atoms with Gasteiger partial charge >= 0.3 is 5.97 Å². The molecule has 0 radical (unpaired) electrons. The van der Waals surface area contributed by atoms with Crippen LogP contribution in [0.15, 0.2) is 71.3 Å². The number of carbonyl (C=O) groups excluding carboxylic acids is 5. The minimum atomic E-state index is -1.20. The van der Waals surface area contributed by atoms with Gasteiger partial charge in [-0.25, -0.2) is 4.99 Å². The van der Waals surface area contributed by atoms with Crippen LogP contribution in [0.5, 0.6) is 5.75 Å². The van der Waals surface area contributed by atoms with Crippen LogP contribution in [0.2, 0.25) is 0 Å². The fourth-order valence-electron chi connectivity index (χ4n) is 5.73. The van der Waals surface area contributed by atoms with Gasteiger partial charge in [-0.2, -0.15) is 0 Å². The molecule has 3 amide bonds. The minimum absolute atomic E-state index is 0.0654. The lowest BCUT2D eigenvalue weighted by Gasteiger charge is -2.35. The van der Waals surface area contributed by atoms with Gasteiger partial charge in [0.05, 0.1) is 11.4 Å². The zero-order valence-corrected chi connectivity index (χ0v) is 29.2. The van der Waals surface area contributed by atoms with Gasteiger partial charge in [-0.3, -0.25) is 28.8 Å². The van der Waals surface area contributed by atoms with E-state index in [0.29, 0.717) is 11.4 Å². The summed E-state index contributed by atoms with van der Waals surface area (Å²) in [7, 11) is 0. The number of aliphatic imine (C=N–C) groups is 1. The molecule has 1 aliphatic heterocycles. The molecular weight excluding hydrogens is 640 g/mol. The predicted molar refractivity (Wildman–Crippen MR) is 188 cm³/mol. The first kappa shape index (κ1) is 37.4. The molecule has 2 aliphatic rings.